The average Bonchev–Trinajstić information content (AvgIpc) is 3.07. The Labute approximate surface area is 92.2 Å². The van der Waals surface area contributed by atoms with Crippen molar-refractivity contribution in [1.82, 2.24) is 10.2 Å². The molecular formula is C12H22N2O. The Balaban J connectivity index is 1.51. The van der Waals surface area contributed by atoms with Crippen LogP contribution in [0.5, 0.6) is 0 Å². The van der Waals surface area contributed by atoms with Gasteiger partial charge in [0.25, 0.3) is 0 Å². The minimum Gasteiger partial charge on any atom is -0.345 e. The number of rotatable bonds is 7. The van der Waals surface area contributed by atoms with Crippen LogP contribution in [-0.4, -0.2) is 37.5 Å². The molecule has 0 aromatic heterocycles. The largest absolute Gasteiger partial charge is 0.345 e. The van der Waals surface area contributed by atoms with Gasteiger partial charge in [-0.15, -0.1) is 0 Å². The first kappa shape index (κ1) is 10.9. The number of likely N-dealkylation sites (N-methyl/N-ethyl adjacent to an activating group) is 1. The second-order valence-corrected chi connectivity index (χ2v) is 5.12. The van der Waals surface area contributed by atoms with E-state index in [4.69, 9.17) is 0 Å². The van der Waals surface area contributed by atoms with Crippen LogP contribution in [0.1, 0.15) is 32.1 Å². The number of amides is 1. The fourth-order valence-corrected chi connectivity index (χ4v) is 1.75. The molecule has 3 nitrogen and oxygen atoms in total. The van der Waals surface area contributed by atoms with Gasteiger partial charge in [-0.3, -0.25) is 4.79 Å². The lowest BCUT2D eigenvalue weighted by Crippen LogP contribution is -2.36. The fraction of sp³-hybridized carbons (Fsp3) is 0.917. The van der Waals surface area contributed by atoms with Crippen LogP contribution in [0.2, 0.25) is 0 Å². The van der Waals surface area contributed by atoms with Crippen molar-refractivity contribution in [2.45, 2.75) is 32.1 Å². The fourth-order valence-electron chi connectivity index (χ4n) is 1.75. The molecule has 0 unspecified atom stereocenters. The monoisotopic (exact) mass is 210 g/mol. The van der Waals surface area contributed by atoms with Crippen LogP contribution in [-0.2, 0) is 4.79 Å². The Bertz CT molecular complexity index is 222. The van der Waals surface area contributed by atoms with E-state index in [1.165, 1.54) is 32.1 Å². The predicted molar refractivity (Wildman–Crippen MR) is 60.6 cm³/mol. The van der Waals surface area contributed by atoms with Crippen molar-refractivity contribution in [1.29, 1.82) is 0 Å². The maximum Gasteiger partial charge on any atom is 0.236 e. The molecule has 2 saturated carbocycles. The van der Waals surface area contributed by atoms with Crippen molar-refractivity contribution in [3.63, 3.8) is 0 Å². The van der Waals surface area contributed by atoms with Crippen LogP contribution in [0.4, 0.5) is 0 Å². The summed E-state index contributed by atoms with van der Waals surface area (Å²) in [5, 5.41) is 3.24. The van der Waals surface area contributed by atoms with Crippen molar-refractivity contribution < 1.29 is 4.79 Å². The molecule has 0 aliphatic heterocycles. The van der Waals surface area contributed by atoms with Crippen LogP contribution in [0.15, 0.2) is 0 Å². The molecule has 0 radical (unpaired) electrons. The van der Waals surface area contributed by atoms with E-state index in [-0.39, 0.29) is 5.91 Å². The van der Waals surface area contributed by atoms with Crippen molar-refractivity contribution in [2.24, 2.45) is 11.8 Å². The van der Waals surface area contributed by atoms with Gasteiger partial charge in [0.05, 0.1) is 6.54 Å². The predicted octanol–water partition coefficient (Wildman–Crippen LogP) is 1.24. The SMILES string of the molecule is CN(CCC1CC1)C(=O)CNCC1CC1. The van der Waals surface area contributed by atoms with Gasteiger partial charge < -0.3 is 10.2 Å². The molecule has 1 N–H and O–H groups in total. The van der Waals surface area contributed by atoms with Crippen LogP contribution in [0.25, 0.3) is 0 Å². The lowest BCUT2D eigenvalue weighted by atomic mass is 10.3. The minimum absolute atomic E-state index is 0.247. The van der Waals surface area contributed by atoms with Gasteiger partial charge in [-0.25, -0.2) is 0 Å². The number of carbonyl (C=O) groups excluding carboxylic acids is 1. The zero-order valence-electron chi connectivity index (χ0n) is 9.67. The third-order valence-electron chi connectivity index (χ3n) is 3.40. The van der Waals surface area contributed by atoms with Crippen molar-refractivity contribution >= 4 is 5.91 Å². The van der Waals surface area contributed by atoms with E-state index in [1.807, 2.05) is 11.9 Å². The van der Waals surface area contributed by atoms with E-state index in [0.717, 1.165) is 24.9 Å². The first-order chi connectivity index (χ1) is 7.25. The van der Waals surface area contributed by atoms with Gasteiger partial charge in [-0.05, 0) is 37.6 Å². The summed E-state index contributed by atoms with van der Waals surface area (Å²) in [5.74, 6) is 2.02. The second kappa shape index (κ2) is 4.97. The highest BCUT2D eigenvalue weighted by Gasteiger charge is 2.23. The van der Waals surface area contributed by atoms with Gasteiger partial charge in [0.2, 0.25) is 5.91 Å². The summed E-state index contributed by atoms with van der Waals surface area (Å²) in [6.07, 6.45) is 6.65. The molecule has 2 fully saturated rings. The van der Waals surface area contributed by atoms with Crippen molar-refractivity contribution in [3.05, 3.63) is 0 Å². The Kier molecular flexibility index (Phi) is 3.62. The zero-order valence-corrected chi connectivity index (χ0v) is 9.67. The summed E-state index contributed by atoms with van der Waals surface area (Å²) in [5.41, 5.74) is 0. The topological polar surface area (TPSA) is 32.3 Å². The summed E-state index contributed by atoms with van der Waals surface area (Å²) < 4.78 is 0. The van der Waals surface area contributed by atoms with Gasteiger partial charge in [0, 0.05) is 13.6 Å². The summed E-state index contributed by atoms with van der Waals surface area (Å²) >= 11 is 0. The summed E-state index contributed by atoms with van der Waals surface area (Å²) in [4.78, 5) is 13.5. The number of carbonyl (C=O) groups is 1. The molecular weight excluding hydrogens is 188 g/mol. The quantitative estimate of drug-likeness (QED) is 0.686. The zero-order chi connectivity index (χ0) is 10.7. The molecule has 0 aromatic rings. The Morgan fingerprint density at radius 3 is 2.53 bits per heavy atom. The second-order valence-electron chi connectivity index (χ2n) is 5.12. The number of nitrogens with zero attached hydrogens (tertiary/aromatic N) is 1. The first-order valence-electron chi connectivity index (χ1n) is 6.20. The molecule has 3 heteroatoms. The highest BCUT2D eigenvalue weighted by atomic mass is 16.2. The van der Waals surface area contributed by atoms with E-state index in [2.05, 4.69) is 5.32 Å². The first-order valence-corrected chi connectivity index (χ1v) is 6.20. The van der Waals surface area contributed by atoms with Gasteiger partial charge in [-0.1, -0.05) is 12.8 Å². The maximum atomic E-state index is 11.6. The molecule has 2 rings (SSSR count). The lowest BCUT2D eigenvalue weighted by Gasteiger charge is -2.17. The van der Waals surface area contributed by atoms with Crippen LogP contribution in [0, 0.1) is 11.8 Å². The van der Waals surface area contributed by atoms with Crippen LogP contribution in [0.3, 0.4) is 0 Å². The Morgan fingerprint density at radius 1 is 1.27 bits per heavy atom. The van der Waals surface area contributed by atoms with Gasteiger partial charge >= 0.3 is 0 Å². The highest BCUT2D eigenvalue weighted by Crippen LogP contribution is 2.32. The number of hydrogen-bond acceptors (Lipinski definition) is 2. The van der Waals surface area contributed by atoms with E-state index in [1.54, 1.807) is 0 Å². The van der Waals surface area contributed by atoms with E-state index < -0.39 is 0 Å². The van der Waals surface area contributed by atoms with E-state index >= 15 is 0 Å². The number of hydrogen-bond donors (Lipinski definition) is 1. The minimum atomic E-state index is 0.247. The molecule has 1 amide bonds. The third kappa shape index (κ3) is 4.20. The molecule has 0 atom stereocenters. The molecule has 86 valence electrons. The molecule has 0 bridgehead atoms. The molecule has 0 spiro atoms. The molecule has 0 aromatic carbocycles. The average molecular weight is 210 g/mol. The van der Waals surface area contributed by atoms with Gasteiger partial charge in [0.1, 0.15) is 0 Å². The standard InChI is InChI=1S/C12H22N2O/c1-14(7-6-10-2-3-10)12(15)9-13-8-11-4-5-11/h10-11,13H,2-9H2,1H3. The lowest BCUT2D eigenvalue weighted by molar-refractivity contribution is -0.129. The molecule has 0 heterocycles. The molecule has 0 saturated heterocycles. The Morgan fingerprint density at radius 2 is 1.93 bits per heavy atom. The third-order valence-corrected chi connectivity index (χ3v) is 3.40. The number of nitrogens with one attached hydrogen (secondary N) is 1. The summed E-state index contributed by atoms with van der Waals surface area (Å²) in [6.45, 7) is 2.49. The highest BCUT2D eigenvalue weighted by molar-refractivity contribution is 5.77. The van der Waals surface area contributed by atoms with Crippen molar-refractivity contribution in [2.75, 3.05) is 26.7 Å². The maximum absolute atomic E-state index is 11.6. The summed E-state index contributed by atoms with van der Waals surface area (Å²) in [6, 6.07) is 0. The summed E-state index contributed by atoms with van der Waals surface area (Å²) in [7, 11) is 1.92. The van der Waals surface area contributed by atoms with Gasteiger partial charge in [-0.2, -0.15) is 0 Å². The normalized spacial score (nSPS) is 20.3. The molecule has 15 heavy (non-hydrogen) atoms. The van der Waals surface area contributed by atoms with Crippen molar-refractivity contribution in [3.8, 4) is 0 Å². The smallest absolute Gasteiger partial charge is 0.236 e. The van der Waals surface area contributed by atoms with Gasteiger partial charge in [0.15, 0.2) is 0 Å². The van der Waals surface area contributed by atoms with Crippen LogP contribution >= 0.6 is 0 Å². The molecule has 2 aliphatic rings. The van der Waals surface area contributed by atoms with E-state index in [0.29, 0.717) is 6.54 Å². The van der Waals surface area contributed by atoms with Crippen LogP contribution < -0.4 is 5.32 Å². The van der Waals surface area contributed by atoms with E-state index in [9.17, 15) is 4.79 Å². The Hall–Kier alpha value is -0.570. The molecule has 2 aliphatic carbocycles.